The van der Waals surface area contributed by atoms with Gasteiger partial charge in [-0.25, -0.2) is 0 Å². The summed E-state index contributed by atoms with van der Waals surface area (Å²) < 4.78 is 10.6. The molecule has 1 saturated carbocycles. The Kier molecular flexibility index (Phi) is 9.72. The molecule has 1 atom stereocenters. The van der Waals surface area contributed by atoms with Crippen molar-refractivity contribution in [3.63, 3.8) is 0 Å². The highest BCUT2D eigenvalue weighted by atomic mass is 127. The average molecular weight is 441 g/mol. The quantitative estimate of drug-likeness (QED) is 0.259. The molecule has 0 radical (unpaired) electrons. The summed E-state index contributed by atoms with van der Waals surface area (Å²) in [6.07, 6.45) is 4.01. The van der Waals surface area contributed by atoms with Gasteiger partial charge in [0.2, 0.25) is 0 Å². The zero-order chi connectivity index (χ0) is 15.8. The Morgan fingerprint density at radius 1 is 1.39 bits per heavy atom. The van der Waals surface area contributed by atoms with E-state index < -0.39 is 5.60 Å². The van der Waals surface area contributed by atoms with E-state index in [2.05, 4.69) is 22.1 Å². The maximum atomic E-state index is 10.2. The van der Waals surface area contributed by atoms with Crippen molar-refractivity contribution in [2.24, 2.45) is 10.9 Å². The van der Waals surface area contributed by atoms with Crippen LogP contribution in [0.4, 0.5) is 0 Å². The molecule has 23 heavy (non-hydrogen) atoms. The van der Waals surface area contributed by atoms with Crippen molar-refractivity contribution in [3.8, 4) is 0 Å². The number of nitrogens with one attached hydrogen (secondary N) is 1. The normalized spacial score (nSPS) is 23.3. The van der Waals surface area contributed by atoms with Gasteiger partial charge in [0.1, 0.15) is 0 Å². The van der Waals surface area contributed by atoms with Gasteiger partial charge in [-0.2, -0.15) is 0 Å². The van der Waals surface area contributed by atoms with Crippen LogP contribution in [0.2, 0.25) is 0 Å². The van der Waals surface area contributed by atoms with Crippen molar-refractivity contribution >= 4 is 29.9 Å². The highest BCUT2D eigenvalue weighted by molar-refractivity contribution is 14.0. The Morgan fingerprint density at radius 2 is 2.17 bits per heavy atom. The van der Waals surface area contributed by atoms with Crippen molar-refractivity contribution in [2.75, 3.05) is 53.1 Å². The molecule has 0 aromatic carbocycles. The fraction of sp³-hybridized carbons (Fsp3) is 0.938. The molecule has 2 aliphatic rings. The predicted molar refractivity (Wildman–Crippen MR) is 103 cm³/mol. The van der Waals surface area contributed by atoms with Crippen LogP contribution >= 0.6 is 24.0 Å². The summed E-state index contributed by atoms with van der Waals surface area (Å²) in [5.41, 5.74) is -0.553. The molecular weight excluding hydrogens is 409 g/mol. The van der Waals surface area contributed by atoms with E-state index >= 15 is 0 Å². The summed E-state index contributed by atoms with van der Waals surface area (Å²) in [7, 11) is 1.69. The number of hydrogen-bond acceptors (Lipinski definition) is 4. The highest BCUT2D eigenvalue weighted by Crippen LogP contribution is 2.31. The summed E-state index contributed by atoms with van der Waals surface area (Å²) in [5, 5.41) is 13.5. The molecule has 0 bridgehead atoms. The summed E-state index contributed by atoms with van der Waals surface area (Å²) in [4.78, 5) is 6.94. The van der Waals surface area contributed by atoms with Crippen molar-refractivity contribution < 1.29 is 14.6 Å². The third-order valence-electron chi connectivity index (χ3n) is 4.51. The Hall–Kier alpha value is -0.120. The topological polar surface area (TPSA) is 66.3 Å². The number of methoxy groups -OCH3 is 1. The highest BCUT2D eigenvalue weighted by Gasteiger charge is 2.34. The van der Waals surface area contributed by atoms with Gasteiger partial charge < -0.3 is 24.8 Å². The number of aliphatic imine (C=N–C) groups is 1. The number of halogens is 1. The molecule has 0 aromatic rings. The SMILES string of the molecule is CCNC(=NCC1(O)CCC1)N1CCC(COCCOC)C1.I. The molecule has 2 N–H and O–H groups in total. The summed E-state index contributed by atoms with van der Waals surface area (Å²) in [6, 6.07) is 0. The van der Waals surface area contributed by atoms with E-state index in [4.69, 9.17) is 9.47 Å². The minimum absolute atomic E-state index is 0. The van der Waals surface area contributed by atoms with Crippen LogP contribution in [0.1, 0.15) is 32.6 Å². The molecule has 6 nitrogen and oxygen atoms in total. The molecule has 1 aliphatic carbocycles. The molecule has 0 aromatic heterocycles. The molecule has 7 heteroatoms. The Morgan fingerprint density at radius 3 is 2.78 bits per heavy atom. The Bertz CT molecular complexity index is 364. The third-order valence-corrected chi connectivity index (χ3v) is 4.51. The molecule has 136 valence electrons. The van der Waals surface area contributed by atoms with Gasteiger partial charge in [-0.1, -0.05) is 0 Å². The van der Waals surface area contributed by atoms with Crippen LogP contribution in [-0.2, 0) is 9.47 Å². The average Bonchev–Trinajstić information content (AvgIpc) is 2.95. The molecule has 1 heterocycles. The fourth-order valence-electron chi connectivity index (χ4n) is 2.94. The zero-order valence-electron chi connectivity index (χ0n) is 14.4. The first-order chi connectivity index (χ1) is 10.7. The van der Waals surface area contributed by atoms with Gasteiger partial charge in [0, 0.05) is 32.7 Å². The number of likely N-dealkylation sites (tertiary alicyclic amines) is 1. The lowest BCUT2D eigenvalue weighted by molar-refractivity contribution is -0.0237. The summed E-state index contributed by atoms with van der Waals surface area (Å²) >= 11 is 0. The number of ether oxygens (including phenoxy) is 2. The molecular formula is C16H32IN3O3. The summed E-state index contributed by atoms with van der Waals surface area (Å²) in [5.74, 6) is 1.48. The molecule has 1 aliphatic heterocycles. The van der Waals surface area contributed by atoms with E-state index in [1.807, 2.05) is 0 Å². The number of rotatable bonds is 8. The van der Waals surface area contributed by atoms with Crippen LogP contribution in [0.25, 0.3) is 0 Å². The van der Waals surface area contributed by atoms with Gasteiger partial charge >= 0.3 is 0 Å². The van der Waals surface area contributed by atoms with Gasteiger partial charge in [0.05, 0.1) is 32.0 Å². The van der Waals surface area contributed by atoms with Crippen molar-refractivity contribution in [1.82, 2.24) is 10.2 Å². The first-order valence-electron chi connectivity index (χ1n) is 8.49. The Labute approximate surface area is 157 Å². The second-order valence-corrected chi connectivity index (χ2v) is 6.42. The monoisotopic (exact) mass is 441 g/mol. The van der Waals surface area contributed by atoms with Crippen LogP contribution < -0.4 is 5.32 Å². The van der Waals surface area contributed by atoms with Gasteiger partial charge in [0.25, 0.3) is 0 Å². The molecule has 0 spiro atoms. The maximum absolute atomic E-state index is 10.2. The lowest BCUT2D eigenvalue weighted by Crippen LogP contribution is -2.44. The molecule has 0 amide bonds. The van der Waals surface area contributed by atoms with Crippen LogP contribution in [-0.4, -0.2) is 74.7 Å². The molecule has 2 fully saturated rings. The van der Waals surface area contributed by atoms with Crippen molar-refractivity contribution in [2.45, 2.75) is 38.2 Å². The largest absolute Gasteiger partial charge is 0.388 e. The number of hydrogen-bond donors (Lipinski definition) is 2. The fourth-order valence-corrected chi connectivity index (χ4v) is 2.94. The smallest absolute Gasteiger partial charge is 0.194 e. The molecule has 1 saturated heterocycles. The van der Waals surface area contributed by atoms with E-state index in [0.717, 1.165) is 57.9 Å². The third kappa shape index (κ3) is 6.72. The second-order valence-electron chi connectivity index (χ2n) is 6.42. The minimum atomic E-state index is -0.553. The lowest BCUT2D eigenvalue weighted by atomic mass is 9.80. The Balaban J connectivity index is 0.00000264. The number of guanidine groups is 1. The van der Waals surface area contributed by atoms with Crippen molar-refractivity contribution in [3.05, 3.63) is 0 Å². The number of aliphatic hydroxyl groups is 1. The lowest BCUT2D eigenvalue weighted by Gasteiger charge is -2.35. The van der Waals surface area contributed by atoms with E-state index in [1.54, 1.807) is 7.11 Å². The number of nitrogens with zero attached hydrogens (tertiary/aromatic N) is 2. The van der Waals surface area contributed by atoms with Gasteiger partial charge in [0.15, 0.2) is 5.96 Å². The van der Waals surface area contributed by atoms with Crippen LogP contribution in [0, 0.1) is 5.92 Å². The van der Waals surface area contributed by atoms with Crippen molar-refractivity contribution in [1.29, 1.82) is 0 Å². The summed E-state index contributed by atoms with van der Waals surface area (Å²) in [6.45, 7) is 7.51. The minimum Gasteiger partial charge on any atom is -0.388 e. The van der Waals surface area contributed by atoms with E-state index in [9.17, 15) is 5.11 Å². The van der Waals surface area contributed by atoms with E-state index in [-0.39, 0.29) is 24.0 Å². The zero-order valence-corrected chi connectivity index (χ0v) is 16.8. The first-order valence-corrected chi connectivity index (χ1v) is 8.49. The van der Waals surface area contributed by atoms with E-state index in [1.165, 1.54) is 0 Å². The van der Waals surface area contributed by atoms with Gasteiger partial charge in [-0.05, 0) is 32.6 Å². The molecule has 2 rings (SSSR count). The first kappa shape index (κ1) is 20.9. The van der Waals surface area contributed by atoms with E-state index in [0.29, 0.717) is 25.7 Å². The van der Waals surface area contributed by atoms with Crippen LogP contribution in [0.3, 0.4) is 0 Å². The van der Waals surface area contributed by atoms with Crippen LogP contribution in [0.15, 0.2) is 4.99 Å². The second kappa shape index (κ2) is 10.7. The predicted octanol–water partition coefficient (Wildman–Crippen LogP) is 1.47. The standard InChI is InChI=1S/C16H31N3O3.HI/c1-3-17-15(18-13-16(20)6-4-7-16)19-8-5-14(11-19)12-22-10-9-21-2;/h14,20H,3-13H2,1-2H3,(H,17,18);1H. The van der Waals surface area contributed by atoms with Gasteiger partial charge in [-0.3, -0.25) is 4.99 Å². The molecule has 1 unspecified atom stereocenters. The maximum Gasteiger partial charge on any atom is 0.194 e. The van der Waals surface area contributed by atoms with Gasteiger partial charge in [-0.15, -0.1) is 24.0 Å². The van der Waals surface area contributed by atoms with Crippen LogP contribution in [0.5, 0.6) is 0 Å².